The minimum absolute atomic E-state index is 0.0483. The minimum Gasteiger partial charge on any atom is -0.497 e. The summed E-state index contributed by atoms with van der Waals surface area (Å²) in [6, 6.07) is 7.32. The minimum atomic E-state index is -0.502. The maximum absolute atomic E-state index is 12.6. The van der Waals surface area contributed by atoms with Crippen molar-refractivity contribution in [1.29, 1.82) is 0 Å². The molecule has 1 amide bonds. The lowest BCUT2D eigenvalue weighted by atomic mass is 10.1. The Morgan fingerprint density at radius 2 is 2.00 bits per heavy atom. The Bertz CT molecular complexity index is 1000. The molecular weight excluding hydrogens is 364 g/mol. The molecule has 11 heteroatoms. The highest BCUT2D eigenvalue weighted by molar-refractivity contribution is 6.00. The van der Waals surface area contributed by atoms with E-state index in [9.17, 15) is 4.79 Å². The molecule has 0 spiro atoms. The Hall–Kier alpha value is -3.76. The molecule has 0 fully saturated rings. The Balaban J connectivity index is 1.84. The Kier molecular flexibility index (Phi) is 5.34. The van der Waals surface area contributed by atoms with Crippen LogP contribution >= 0.6 is 0 Å². The molecule has 1 aromatic carbocycles. The molecule has 2 heterocycles. The van der Waals surface area contributed by atoms with E-state index in [0.717, 1.165) is 11.3 Å². The molecule has 146 valence electrons. The van der Waals surface area contributed by atoms with E-state index in [0.29, 0.717) is 11.4 Å². The van der Waals surface area contributed by atoms with Crippen LogP contribution in [0.4, 0.5) is 5.82 Å². The van der Waals surface area contributed by atoms with Crippen molar-refractivity contribution in [3.8, 4) is 11.6 Å². The lowest BCUT2D eigenvalue weighted by molar-refractivity contribution is 0.0948. The van der Waals surface area contributed by atoms with Crippen molar-refractivity contribution in [3.05, 3.63) is 41.2 Å². The first-order valence-corrected chi connectivity index (χ1v) is 8.45. The second-order valence-corrected chi connectivity index (χ2v) is 6.23. The highest BCUT2D eigenvalue weighted by Crippen LogP contribution is 2.22. The fraction of sp³-hybridized carbons (Fsp3) is 0.294. The fourth-order valence-electron chi connectivity index (χ4n) is 2.55. The number of hydrazone groups is 1. The largest absolute Gasteiger partial charge is 0.497 e. The first kappa shape index (κ1) is 19.0. The lowest BCUT2D eigenvalue weighted by Gasteiger charge is -2.08. The first-order chi connectivity index (χ1) is 13.4. The number of nitrogens with two attached hydrogens (primary N) is 1. The van der Waals surface area contributed by atoms with Gasteiger partial charge in [-0.1, -0.05) is 19.1 Å². The van der Waals surface area contributed by atoms with Gasteiger partial charge in [0, 0.05) is 0 Å². The van der Waals surface area contributed by atoms with Gasteiger partial charge in [0.05, 0.1) is 18.5 Å². The van der Waals surface area contributed by atoms with E-state index in [2.05, 4.69) is 35.8 Å². The standard InChI is InChI=1S/C17H20N8O3/c1-9(2)14-13(20-24-25(14)16-15(18)22-28-23-16)17(26)21-19-10(3)11-5-7-12(27-4)8-6-11/h5-9H,1-4H3,(H2,18,22)(H,21,26)/b19-10+. The number of anilines is 1. The second kappa shape index (κ2) is 7.86. The third-order valence-corrected chi connectivity index (χ3v) is 4.00. The zero-order valence-electron chi connectivity index (χ0n) is 15.9. The number of nitrogens with zero attached hydrogens (tertiary/aromatic N) is 6. The van der Waals surface area contributed by atoms with Gasteiger partial charge in [-0.15, -0.1) is 5.10 Å². The maximum Gasteiger partial charge on any atom is 0.293 e. The molecule has 11 nitrogen and oxygen atoms in total. The number of amides is 1. The monoisotopic (exact) mass is 384 g/mol. The molecular formula is C17H20N8O3. The normalized spacial score (nSPS) is 11.7. The molecule has 2 aromatic heterocycles. The highest BCUT2D eigenvalue weighted by Gasteiger charge is 2.25. The van der Waals surface area contributed by atoms with E-state index in [-0.39, 0.29) is 23.2 Å². The van der Waals surface area contributed by atoms with Gasteiger partial charge in [0.2, 0.25) is 11.6 Å². The predicted octanol–water partition coefficient (Wildman–Crippen LogP) is 1.52. The Labute approximate surface area is 160 Å². The van der Waals surface area contributed by atoms with Crippen LogP contribution in [0.5, 0.6) is 5.75 Å². The van der Waals surface area contributed by atoms with Crippen LogP contribution in [0.15, 0.2) is 34.0 Å². The van der Waals surface area contributed by atoms with E-state index in [1.807, 2.05) is 38.1 Å². The van der Waals surface area contributed by atoms with Crippen molar-refractivity contribution in [2.24, 2.45) is 5.10 Å². The number of ether oxygens (including phenoxy) is 1. The quantitative estimate of drug-likeness (QED) is 0.480. The number of nitrogen functional groups attached to an aromatic ring is 1. The average Bonchev–Trinajstić information content (AvgIpc) is 3.31. The molecule has 0 atom stereocenters. The third kappa shape index (κ3) is 3.68. The van der Waals surface area contributed by atoms with Gasteiger partial charge in [-0.05, 0) is 53.0 Å². The molecule has 0 saturated carbocycles. The molecule has 3 rings (SSSR count). The van der Waals surface area contributed by atoms with Crippen molar-refractivity contribution in [2.75, 3.05) is 12.8 Å². The van der Waals surface area contributed by atoms with Crippen LogP contribution in [-0.4, -0.2) is 44.0 Å². The molecule has 0 aliphatic carbocycles. The molecule has 3 aromatic rings. The van der Waals surface area contributed by atoms with Crippen molar-refractivity contribution in [2.45, 2.75) is 26.7 Å². The molecule has 0 bridgehead atoms. The highest BCUT2D eigenvalue weighted by atomic mass is 16.6. The van der Waals surface area contributed by atoms with Crippen LogP contribution in [-0.2, 0) is 0 Å². The van der Waals surface area contributed by atoms with Gasteiger partial charge in [0.15, 0.2) is 5.69 Å². The van der Waals surface area contributed by atoms with Crippen LogP contribution in [0.1, 0.15) is 48.4 Å². The molecule has 0 aliphatic heterocycles. The number of carbonyl (C=O) groups is 1. The summed E-state index contributed by atoms with van der Waals surface area (Å²) in [5.74, 6) is 0.358. The lowest BCUT2D eigenvalue weighted by Crippen LogP contribution is -2.22. The smallest absolute Gasteiger partial charge is 0.293 e. The summed E-state index contributed by atoms with van der Waals surface area (Å²) in [6.07, 6.45) is 0. The van der Waals surface area contributed by atoms with Crippen LogP contribution in [0, 0.1) is 0 Å². The SMILES string of the molecule is COc1ccc(/C(C)=N/NC(=O)c2nnn(-c3nonc3N)c2C(C)C)cc1. The van der Waals surface area contributed by atoms with Crippen molar-refractivity contribution in [1.82, 2.24) is 30.7 Å². The van der Waals surface area contributed by atoms with Gasteiger partial charge in [-0.25, -0.2) is 10.1 Å². The zero-order chi connectivity index (χ0) is 20.3. The van der Waals surface area contributed by atoms with E-state index < -0.39 is 5.91 Å². The van der Waals surface area contributed by atoms with E-state index in [1.165, 1.54) is 4.68 Å². The Morgan fingerprint density at radius 3 is 2.57 bits per heavy atom. The number of aromatic nitrogens is 5. The summed E-state index contributed by atoms with van der Waals surface area (Å²) in [6.45, 7) is 5.56. The van der Waals surface area contributed by atoms with Crippen LogP contribution in [0.2, 0.25) is 0 Å². The van der Waals surface area contributed by atoms with Crippen LogP contribution in [0.25, 0.3) is 5.82 Å². The number of hydrogen-bond donors (Lipinski definition) is 2. The molecule has 0 radical (unpaired) electrons. The van der Waals surface area contributed by atoms with Gasteiger partial charge in [-0.2, -0.15) is 9.78 Å². The molecule has 3 N–H and O–H groups in total. The van der Waals surface area contributed by atoms with Gasteiger partial charge in [0.25, 0.3) is 5.91 Å². The van der Waals surface area contributed by atoms with Crippen molar-refractivity contribution < 1.29 is 14.2 Å². The summed E-state index contributed by atoms with van der Waals surface area (Å²) >= 11 is 0. The maximum atomic E-state index is 12.6. The summed E-state index contributed by atoms with van der Waals surface area (Å²) in [5, 5.41) is 19.3. The van der Waals surface area contributed by atoms with E-state index >= 15 is 0 Å². The van der Waals surface area contributed by atoms with Crippen molar-refractivity contribution in [3.63, 3.8) is 0 Å². The van der Waals surface area contributed by atoms with Gasteiger partial charge in [-0.3, -0.25) is 4.79 Å². The average molecular weight is 384 g/mol. The number of nitrogens with one attached hydrogen (secondary N) is 1. The van der Waals surface area contributed by atoms with Gasteiger partial charge >= 0.3 is 0 Å². The Morgan fingerprint density at radius 1 is 1.29 bits per heavy atom. The second-order valence-electron chi connectivity index (χ2n) is 6.23. The topological polar surface area (TPSA) is 146 Å². The number of methoxy groups -OCH3 is 1. The van der Waals surface area contributed by atoms with Gasteiger partial charge < -0.3 is 10.5 Å². The molecule has 28 heavy (non-hydrogen) atoms. The third-order valence-electron chi connectivity index (χ3n) is 4.00. The van der Waals surface area contributed by atoms with Crippen LogP contribution in [0.3, 0.4) is 0 Å². The predicted molar refractivity (Wildman–Crippen MR) is 100 cm³/mol. The number of benzene rings is 1. The molecule has 0 aliphatic rings. The van der Waals surface area contributed by atoms with Crippen LogP contribution < -0.4 is 15.9 Å². The zero-order valence-corrected chi connectivity index (χ0v) is 15.9. The summed E-state index contributed by atoms with van der Waals surface area (Å²) in [7, 11) is 1.60. The summed E-state index contributed by atoms with van der Waals surface area (Å²) in [5.41, 5.74) is 10.3. The molecule has 0 saturated heterocycles. The number of carbonyl (C=O) groups excluding carboxylic acids is 1. The van der Waals surface area contributed by atoms with Gasteiger partial charge in [0.1, 0.15) is 5.75 Å². The molecule has 0 unspecified atom stereocenters. The summed E-state index contributed by atoms with van der Waals surface area (Å²) in [4.78, 5) is 12.6. The fourth-order valence-corrected chi connectivity index (χ4v) is 2.55. The van der Waals surface area contributed by atoms with E-state index in [1.54, 1.807) is 14.0 Å². The number of rotatable bonds is 6. The summed E-state index contributed by atoms with van der Waals surface area (Å²) < 4.78 is 11.1. The van der Waals surface area contributed by atoms with Crippen molar-refractivity contribution >= 4 is 17.4 Å². The first-order valence-electron chi connectivity index (χ1n) is 8.45. The number of hydrogen-bond acceptors (Lipinski definition) is 9. The van der Waals surface area contributed by atoms with E-state index in [4.69, 9.17) is 10.5 Å².